The monoisotopic (exact) mass is 431 g/mol. The van der Waals surface area contributed by atoms with Gasteiger partial charge >= 0.3 is 0 Å². The molecule has 1 aliphatic rings. The standard InChI is InChI=1S/C23H21N5O2S/c24-22-19-11-25-21(28-23(30)18-9-17(18)15-10-26-31-12-15)8-14(19)7-20(27-22)16-4-2-1-3-13(16)5-6-29/h1-4,7-8,10-12,17-18,29H,5-6,9H2,(H2,24,27)(H,25,28,30)/t17?,18-/m1/s1. The zero-order valence-electron chi connectivity index (χ0n) is 16.7. The van der Waals surface area contributed by atoms with E-state index < -0.39 is 0 Å². The van der Waals surface area contributed by atoms with E-state index >= 15 is 0 Å². The molecule has 1 saturated carbocycles. The minimum atomic E-state index is -0.0441. The first-order chi connectivity index (χ1) is 15.1. The van der Waals surface area contributed by atoms with Crippen molar-refractivity contribution in [2.24, 2.45) is 5.92 Å². The molecular weight excluding hydrogens is 410 g/mol. The van der Waals surface area contributed by atoms with Crippen molar-refractivity contribution in [3.8, 4) is 11.3 Å². The Balaban J connectivity index is 1.42. The molecule has 0 saturated heterocycles. The van der Waals surface area contributed by atoms with Crippen LogP contribution in [0.1, 0.15) is 23.5 Å². The molecule has 1 unspecified atom stereocenters. The number of aromatic nitrogens is 3. The SMILES string of the molecule is Nc1nc(-c2ccccc2CCO)cc2cc(NC(=O)[C@@H]3CC3c3cnsc3)ncc12. The normalized spacial score (nSPS) is 17.6. The zero-order valence-corrected chi connectivity index (χ0v) is 17.5. The van der Waals surface area contributed by atoms with Crippen LogP contribution in [0.15, 0.2) is 54.2 Å². The van der Waals surface area contributed by atoms with E-state index in [4.69, 9.17) is 5.73 Å². The summed E-state index contributed by atoms with van der Waals surface area (Å²) < 4.78 is 4.12. The smallest absolute Gasteiger partial charge is 0.229 e. The van der Waals surface area contributed by atoms with Crippen LogP contribution in [-0.2, 0) is 11.2 Å². The number of rotatable bonds is 6. The van der Waals surface area contributed by atoms with Crippen molar-refractivity contribution in [3.63, 3.8) is 0 Å². The number of benzene rings is 1. The van der Waals surface area contributed by atoms with E-state index in [1.165, 1.54) is 11.5 Å². The topological polar surface area (TPSA) is 114 Å². The molecule has 0 spiro atoms. The van der Waals surface area contributed by atoms with Crippen molar-refractivity contribution < 1.29 is 9.90 Å². The number of hydrogen-bond donors (Lipinski definition) is 3. The van der Waals surface area contributed by atoms with E-state index in [1.54, 1.807) is 6.20 Å². The summed E-state index contributed by atoms with van der Waals surface area (Å²) in [6.07, 6.45) is 4.85. The van der Waals surface area contributed by atoms with Gasteiger partial charge in [0.15, 0.2) is 0 Å². The second-order valence-corrected chi connectivity index (χ2v) is 8.37. The van der Waals surface area contributed by atoms with Gasteiger partial charge in [-0.3, -0.25) is 4.79 Å². The molecule has 1 fully saturated rings. The van der Waals surface area contributed by atoms with Gasteiger partial charge in [0.25, 0.3) is 0 Å². The summed E-state index contributed by atoms with van der Waals surface area (Å²) in [6, 6.07) is 11.6. The van der Waals surface area contributed by atoms with Crippen molar-refractivity contribution in [1.82, 2.24) is 14.3 Å². The fourth-order valence-electron chi connectivity index (χ4n) is 3.96. The van der Waals surface area contributed by atoms with Crippen LogP contribution >= 0.6 is 11.5 Å². The van der Waals surface area contributed by atoms with Crippen LogP contribution in [0.25, 0.3) is 22.0 Å². The van der Waals surface area contributed by atoms with Crippen LogP contribution in [-0.4, -0.2) is 32.0 Å². The highest BCUT2D eigenvalue weighted by atomic mass is 32.1. The Hall–Kier alpha value is -3.36. The third-order valence-electron chi connectivity index (χ3n) is 5.68. The number of nitrogens with one attached hydrogen (secondary N) is 1. The van der Waals surface area contributed by atoms with Crippen LogP contribution in [0.4, 0.5) is 11.6 Å². The summed E-state index contributed by atoms with van der Waals surface area (Å²) in [5.41, 5.74) is 9.99. The van der Waals surface area contributed by atoms with Crippen LogP contribution in [0.3, 0.4) is 0 Å². The van der Waals surface area contributed by atoms with Crippen LogP contribution in [0.2, 0.25) is 0 Å². The van der Waals surface area contributed by atoms with Gasteiger partial charge < -0.3 is 16.2 Å². The van der Waals surface area contributed by atoms with Gasteiger partial charge in [-0.05, 0) is 58.9 Å². The average Bonchev–Trinajstić information content (AvgIpc) is 3.39. The molecule has 4 aromatic rings. The summed E-state index contributed by atoms with van der Waals surface area (Å²) in [5, 5.41) is 15.9. The summed E-state index contributed by atoms with van der Waals surface area (Å²) in [6.45, 7) is 0.0593. The number of carbonyl (C=O) groups excluding carboxylic acids is 1. The molecule has 3 heterocycles. The van der Waals surface area contributed by atoms with Crippen molar-refractivity contribution in [1.29, 1.82) is 0 Å². The molecule has 8 heteroatoms. The lowest BCUT2D eigenvalue weighted by atomic mass is 10.0. The number of nitrogens with zero attached hydrogens (tertiary/aromatic N) is 3. The number of amides is 1. The van der Waals surface area contributed by atoms with E-state index in [0.29, 0.717) is 18.1 Å². The van der Waals surface area contributed by atoms with Gasteiger partial charge in [0.1, 0.15) is 11.6 Å². The van der Waals surface area contributed by atoms with Crippen LogP contribution in [0.5, 0.6) is 0 Å². The third-order valence-corrected chi connectivity index (χ3v) is 6.28. The van der Waals surface area contributed by atoms with Gasteiger partial charge in [-0.25, -0.2) is 14.3 Å². The number of pyridine rings is 2. The molecule has 0 radical (unpaired) electrons. The van der Waals surface area contributed by atoms with Crippen molar-refractivity contribution in [2.45, 2.75) is 18.8 Å². The maximum atomic E-state index is 12.7. The van der Waals surface area contributed by atoms with Gasteiger partial charge in [-0.1, -0.05) is 24.3 Å². The quantitative estimate of drug-likeness (QED) is 0.430. The number of nitrogens with two attached hydrogens (primary N) is 1. The first-order valence-corrected chi connectivity index (χ1v) is 10.9. The molecule has 0 bridgehead atoms. The number of carbonyl (C=O) groups is 1. The molecule has 1 amide bonds. The number of aliphatic hydroxyl groups is 1. The van der Waals surface area contributed by atoms with Crippen molar-refractivity contribution in [3.05, 3.63) is 65.3 Å². The number of hydrogen-bond acceptors (Lipinski definition) is 7. The maximum absolute atomic E-state index is 12.7. The van der Waals surface area contributed by atoms with Gasteiger partial charge in [0.2, 0.25) is 5.91 Å². The van der Waals surface area contributed by atoms with Gasteiger partial charge in [-0.2, -0.15) is 0 Å². The van der Waals surface area contributed by atoms with E-state index in [-0.39, 0.29) is 24.3 Å². The Labute approximate surface area is 183 Å². The molecule has 3 aromatic heterocycles. The van der Waals surface area contributed by atoms with Crippen molar-refractivity contribution >= 4 is 39.8 Å². The summed E-state index contributed by atoms with van der Waals surface area (Å²) in [7, 11) is 0. The number of anilines is 2. The highest BCUT2D eigenvalue weighted by Crippen LogP contribution is 2.48. The Kier molecular flexibility index (Phi) is 5.09. The van der Waals surface area contributed by atoms with Gasteiger partial charge in [0.05, 0.1) is 5.69 Å². The van der Waals surface area contributed by atoms with Crippen molar-refractivity contribution in [2.75, 3.05) is 17.7 Å². The molecule has 2 atom stereocenters. The Morgan fingerprint density at radius 1 is 1.26 bits per heavy atom. The fourth-order valence-corrected chi connectivity index (χ4v) is 4.56. The lowest BCUT2D eigenvalue weighted by Crippen LogP contribution is -2.15. The average molecular weight is 432 g/mol. The van der Waals surface area contributed by atoms with E-state index in [0.717, 1.165) is 39.6 Å². The molecular formula is C23H21N5O2S. The molecule has 31 heavy (non-hydrogen) atoms. The summed E-state index contributed by atoms with van der Waals surface area (Å²) in [5.74, 6) is 1.04. The first kappa shape index (κ1) is 19.6. The maximum Gasteiger partial charge on any atom is 0.229 e. The Bertz CT molecular complexity index is 1260. The largest absolute Gasteiger partial charge is 0.396 e. The minimum Gasteiger partial charge on any atom is -0.396 e. The molecule has 7 nitrogen and oxygen atoms in total. The molecule has 1 aliphatic carbocycles. The fraction of sp³-hybridized carbons (Fsp3) is 0.217. The lowest BCUT2D eigenvalue weighted by Gasteiger charge is -2.11. The highest BCUT2D eigenvalue weighted by molar-refractivity contribution is 7.03. The number of nitrogen functional groups attached to an aromatic ring is 1. The second-order valence-electron chi connectivity index (χ2n) is 7.71. The zero-order chi connectivity index (χ0) is 21.4. The van der Waals surface area contributed by atoms with Crippen LogP contribution in [0, 0.1) is 5.92 Å². The predicted molar refractivity (Wildman–Crippen MR) is 122 cm³/mol. The summed E-state index contributed by atoms with van der Waals surface area (Å²) >= 11 is 1.41. The molecule has 5 rings (SSSR count). The minimum absolute atomic E-state index is 0.0291. The van der Waals surface area contributed by atoms with E-state index in [1.807, 2.05) is 48.0 Å². The third kappa shape index (κ3) is 3.87. The Morgan fingerprint density at radius 2 is 2.13 bits per heavy atom. The highest BCUT2D eigenvalue weighted by Gasteiger charge is 2.44. The first-order valence-electron chi connectivity index (χ1n) is 10.1. The van der Waals surface area contributed by atoms with Crippen LogP contribution < -0.4 is 11.1 Å². The summed E-state index contributed by atoms with van der Waals surface area (Å²) in [4.78, 5) is 21.6. The number of fused-ring (bicyclic) bond motifs is 1. The van der Waals surface area contributed by atoms with Gasteiger partial charge in [-0.15, -0.1) is 0 Å². The van der Waals surface area contributed by atoms with E-state index in [9.17, 15) is 9.90 Å². The van der Waals surface area contributed by atoms with Gasteiger partial charge in [0, 0.05) is 41.2 Å². The Morgan fingerprint density at radius 3 is 2.94 bits per heavy atom. The van der Waals surface area contributed by atoms with E-state index in [2.05, 4.69) is 19.7 Å². The lowest BCUT2D eigenvalue weighted by molar-refractivity contribution is -0.117. The molecule has 0 aliphatic heterocycles. The molecule has 156 valence electrons. The molecule has 1 aromatic carbocycles. The predicted octanol–water partition coefficient (Wildman–Crippen LogP) is 3.61. The number of aliphatic hydroxyl groups excluding tert-OH is 1. The molecule has 4 N–H and O–H groups in total. The second kappa shape index (κ2) is 8.05.